The first kappa shape index (κ1) is 18.6. The minimum atomic E-state index is -0.302. The fourth-order valence-electron chi connectivity index (χ4n) is 2.57. The highest BCUT2D eigenvalue weighted by Gasteiger charge is 2.40. The first-order valence-electron chi connectivity index (χ1n) is 8.05. The lowest BCUT2D eigenvalue weighted by atomic mass is 10.2. The molecule has 24 heavy (non-hydrogen) atoms. The number of amides is 2. The van der Waals surface area contributed by atoms with Gasteiger partial charge in [-0.3, -0.25) is 14.5 Å². The van der Waals surface area contributed by atoms with Crippen LogP contribution < -0.4 is 0 Å². The predicted octanol–water partition coefficient (Wildman–Crippen LogP) is 1.57. The van der Waals surface area contributed by atoms with Gasteiger partial charge in [0, 0.05) is 31.6 Å². The van der Waals surface area contributed by atoms with Crippen LogP contribution in [0.25, 0.3) is 5.57 Å². The third-order valence-corrected chi connectivity index (χ3v) is 4.59. The van der Waals surface area contributed by atoms with E-state index in [1.54, 1.807) is 11.9 Å². The van der Waals surface area contributed by atoms with E-state index in [1.165, 1.54) is 16.2 Å². The predicted molar refractivity (Wildman–Crippen MR) is 93.4 cm³/mol. The maximum Gasteiger partial charge on any atom is 0.277 e. The maximum atomic E-state index is 12.8. The average molecular weight is 352 g/mol. The minimum absolute atomic E-state index is 0.0819. The fraction of sp³-hybridized carbons (Fsp3) is 0.529. The standard InChI is InChI=1S/C17H24N2O4S/c1-12(2)23-10-5-7-19-16(21)14(13-6-4-11-24-13)15(17(19)22)18(3)8-9-20/h4,6,11-12,20H,5,7-10H2,1-3H3. The number of hydrogen-bond acceptors (Lipinski definition) is 6. The van der Waals surface area contributed by atoms with E-state index in [4.69, 9.17) is 9.84 Å². The van der Waals surface area contributed by atoms with Gasteiger partial charge in [0.2, 0.25) is 0 Å². The Balaban J connectivity index is 2.19. The van der Waals surface area contributed by atoms with Crippen molar-refractivity contribution in [3.05, 3.63) is 28.1 Å². The van der Waals surface area contributed by atoms with E-state index < -0.39 is 0 Å². The molecule has 2 rings (SSSR count). The number of ether oxygens (including phenoxy) is 1. The van der Waals surface area contributed by atoms with Gasteiger partial charge in [-0.1, -0.05) is 6.07 Å². The van der Waals surface area contributed by atoms with Crippen LogP contribution in [0.5, 0.6) is 0 Å². The molecule has 1 aliphatic heterocycles. The van der Waals surface area contributed by atoms with Crippen molar-refractivity contribution in [1.82, 2.24) is 9.80 Å². The molecule has 0 atom stereocenters. The summed E-state index contributed by atoms with van der Waals surface area (Å²) >= 11 is 1.43. The molecule has 1 aromatic heterocycles. The highest BCUT2D eigenvalue weighted by molar-refractivity contribution is 7.11. The molecule has 132 valence electrons. The van der Waals surface area contributed by atoms with E-state index in [1.807, 2.05) is 31.4 Å². The molecule has 0 radical (unpaired) electrons. The van der Waals surface area contributed by atoms with Crippen LogP contribution in [0.4, 0.5) is 0 Å². The lowest BCUT2D eigenvalue weighted by molar-refractivity contribution is -0.137. The van der Waals surface area contributed by atoms with Gasteiger partial charge in [-0.05, 0) is 31.7 Å². The molecular weight excluding hydrogens is 328 g/mol. The smallest absolute Gasteiger partial charge is 0.277 e. The molecule has 0 spiro atoms. The summed E-state index contributed by atoms with van der Waals surface area (Å²) in [7, 11) is 1.72. The number of likely N-dealkylation sites (N-methyl/N-ethyl adjacent to an activating group) is 1. The number of imide groups is 1. The van der Waals surface area contributed by atoms with Crippen molar-refractivity contribution in [1.29, 1.82) is 0 Å². The van der Waals surface area contributed by atoms with Gasteiger partial charge in [0.1, 0.15) is 5.70 Å². The average Bonchev–Trinajstić information content (AvgIpc) is 3.12. The molecule has 0 saturated heterocycles. The molecule has 0 aliphatic carbocycles. The number of aliphatic hydroxyl groups excluding tert-OH is 1. The Morgan fingerprint density at radius 1 is 1.33 bits per heavy atom. The van der Waals surface area contributed by atoms with Crippen LogP contribution >= 0.6 is 11.3 Å². The lowest BCUT2D eigenvalue weighted by Gasteiger charge is -2.20. The van der Waals surface area contributed by atoms with Gasteiger partial charge in [0.05, 0.1) is 18.3 Å². The van der Waals surface area contributed by atoms with Gasteiger partial charge >= 0.3 is 0 Å². The molecule has 0 saturated carbocycles. The first-order valence-corrected chi connectivity index (χ1v) is 8.93. The van der Waals surface area contributed by atoms with Crippen molar-refractivity contribution in [2.75, 3.05) is 33.4 Å². The van der Waals surface area contributed by atoms with Gasteiger partial charge in [-0.2, -0.15) is 0 Å². The maximum absolute atomic E-state index is 12.8. The van der Waals surface area contributed by atoms with Gasteiger partial charge in [0.15, 0.2) is 0 Å². The number of aliphatic hydroxyl groups is 1. The van der Waals surface area contributed by atoms with Crippen molar-refractivity contribution < 1.29 is 19.4 Å². The Kier molecular flexibility index (Phi) is 6.53. The molecule has 2 amide bonds. The molecule has 2 heterocycles. The van der Waals surface area contributed by atoms with Crippen LogP contribution in [0.2, 0.25) is 0 Å². The number of nitrogens with zero attached hydrogens (tertiary/aromatic N) is 2. The van der Waals surface area contributed by atoms with Crippen LogP contribution in [0.15, 0.2) is 23.2 Å². The van der Waals surface area contributed by atoms with Gasteiger partial charge in [-0.15, -0.1) is 11.3 Å². The molecule has 0 fully saturated rings. The summed E-state index contributed by atoms with van der Waals surface area (Å²) in [6.07, 6.45) is 0.728. The van der Waals surface area contributed by atoms with Crippen molar-refractivity contribution in [3.8, 4) is 0 Å². The van der Waals surface area contributed by atoms with Crippen molar-refractivity contribution in [3.63, 3.8) is 0 Å². The summed E-state index contributed by atoms with van der Waals surface area (Å²) in [6, 6.07) is 3.69. The van der Waals surface area contributed by atoms with Crippen LogP contribution in [-0.2, 0) is 14.3 Å². The largest absolute Gasteiger partial charge is 0.395 e. The van der Waals surface area contributed by atoms with Crippen LogP contribution in [0, 0.1) is 0 Å². The second-order valence-electron chi connectivity index (χ2n) is 5.88. The van der Waals surface area contributed by atoms with E-state index in [9.17, 15) is 9.59 Å². The first-order chi connectivity index (χ1) is 11.5. The molecule has 1 aliphatic rings. The highest BCUT2D eigenvalue weighted by Crippen LogP contribution is 2.33. The summed E-state index contributed by atoms with van der Waals surface area (Å²) in [6.45, 7) is 4.95. The fourth-order valence-corrected chi connectivity index (χ4v) is 3.33. The Bertz CT molecular complexity index is 610. The van der Waals surface area contributed by atoms with Crippen LogP contribution in [0.3, 0.4) is 0 Å². The zero-order valence-corrected chi connectivity index (χ0v) is 15.1. The Morgan fingerprint density at radius 2 is 2.08 bits per heavy atom. The van der Waals surface area contributed by atoms with Crippen LogP contribution in [0.1, 0.15) is 25.1 Å². The molecule has 0 aromatic carbocycles. The van der Waals surface area contributed by atoms with Crippen molar-refractivity contribution in [2.24, 2.45) is 0 Å². The van der Waals surface area contributed by atoms with Crippen molar-refractivity contribution in [2.45, 2.75) is 26.4 Å². The number of rotatable bonds is 9. The van der Waals surface area contributed by atoms with E-state index in [-0.39, 0.29) is 24.5 Å². The Hall–Kier alpha value is -1.70. The van der Waals surface area contributed by atoms with Gasteiger partial charge < -0.3 is 14.7 Å². The summed E-state index contributed by atoms with van der Waals surface area (Å²) < 4.78 is 5.48. The van der Waals surface area contributed by atoms with Gasteiger partial charge in [0.25, 0.3) is 11.8 Å². The molecule has 1 N–H and O–H groups in total. The number of carbonyl (C=O) groups excluding carboxylic acids is 2. The zero-order chi connectivity index (χ0) is 17.7. The van der Waals surface area contributed by atoms with Crippen molar-refractivity contribution >= 4 is 28.7 Å². The summed E-state index contributed by atoms with van der Waals surface area (Å²) in [5.74, 6) is -0.573. The summed E-state index contributed by atoms with van der Waals surface area (Å²) in [5.41, 5.74) is 0.789. The third-order valence-electron chi connectivity index (χ3n) is 3.71. The third kappa shape index (κ3) is 4.03. The normalized spacial score (nSPS) is 15.1. The second kappa shape index (κ2) is 8.41. The van der Waals surface area contributed by atoms with Crippen LogP contribution in [-0.4, -0.2) is 66.2 Å². The van der Waals surface area contributed by atoms with Gasteiger partial charge in [-0.25, -0.2) is 0 Å². The molecule has 0 bridgehead atoms. The molecule has 7 heteroatoms. The topological polar surface area (TPSA) is 70.1 Å². The van der Waals surface area contributed by atoms with E-state index in [0.717, 1.165) is 4.88 Å². The summed E-state index contributed by atoms with van der Waals surface area (Å²) in [4.78, 5) is 29.2. The summed E-state index contributed by atoms with van der Waals surface area (Å²) in [5, 5.41) is 11.0. The molecule has 1 aromatic rings. The Morgan fingerprint density at radius 3 is 2.67 bits per heavy atom. The minimum Gasteiger partial charge on any atom is -0.395 e. The number of thiophene rings is 1. The monoisotopic (exact) mass is 352 g/mol. The number of hydrogen-bond donors (Lipinski definition) is 1. The second-order valence-corrected chi connectivity index (χ2v) is 6.83. The van der Waals surface area contributed by atoms with E-state index >= 15 is 0 Å². The van der Waals surface area contributed by atoms with E-state index in [0.29, 0.717) is 37.4 Å². The zero-order valence-electron chi connectivity index (χ0n) is 14.3. The van der Waals surface area contributed by atoms with E-state index in [2.05, 4.69) is 0 Å². The SMILES string of the molecule is CC(C)OCCCN1C(=O)C(c2cccs2)=C(N(C)CCO)C1=O. The number of carbonyl (C=O) groups is 2. The quantitative estimate of drug-likeness (QED) is 0.540. The molecule has 6 nitrogen and oxygen atoms in total. The molecular formula is C17H24N2O4S. The highest BCUT2D eigenvalue weighted by atomic mass is 32.1. The molecule has 0 unspecified atom stereocenters. The Labute approximate surface area is 146 Å². The lowest BCUT2D eigenvalue weighted by Crippen LogP contribution is -2.36.